The lowest BCUT2D eigenvalue weighted by molar-refractivity contribution is 0.0831. The van der Waals surface area contributed by atoms with Crippen LogP contribution in [0.3, 0.4) is 0 Å². The van der Waals surface area contributed by atoms with Gasteiger partial charge in [-0.25, -0.2) is 9.78 Å². The van der Waals surface area contributed by atoms with Crippen LogP contribution < -0.4 is 5.32 Å². The number of ketones is 1. The lowest BCUT2D eigenvalue weighted by atomic mass is 9.89. The molecule has 4 aromatic rings. The summed E-state index contributed by atoms with van der Waals surface area (Å²) in [5, 5.41) is 4.27. The zero-order chi connectivity index (χ0) is 27.6. The minimum atomic E-state index is -0.786. The minimum Gasteiger partial charge on any atom is -0.442 e. The Morgan fingerprint density at radius 2 is 1.79 bits per heavy atom. The maximum Gasteiger partial charge on any atom is 0.412 e. The van der Waals surface area contributed by atoms with E-state index in [-0.39, 0.29) is 22.9 Å². The highest BCUT2D eigenvalue weighted by Gasteiger charge is 2.32. The number of hydrogen-bond donors (Lipinski definition) is 1. The quantitative estimate of drug-likeness (QED) is 0.183. The molecule has 0 spiro atoms. The molecule has 2 heterocycles. The molecule has 2 aromatic heterocycles. The molecule has 6 nitrogen and oxygen atoms in total. The molecule has 0 radical (unpaired) electrons. The molecule has 1 atom stereocenters. The van der Waals surface area contributed by atoms with Crippen LogP contribution in [0, 0.1) is 5.41 Å². The van der Waals surface area contributed by atoms with Gasteiger partial charge in [0.2, 0.25) is 11.5 Å². The summed E-state index contributed by atoms with van der Waals surface area (Å²) >= 11 is 12.7. The molecule has 38 heavy (non-hydrogen) atoms. The Kier molecular flexibility index (Phi) is 7.95. The normalized spacial score (nSPS) is 12.3. The first kappa shape index (κ1) is 27.4. The summed E-state index contributed by atoms with van der Waals surface area (Å²) in [5.41, 5.74) is 2.36. The molecule has 1 unspecified atom stereocenters. The molecule has 196 valence electrons. The molecule has 0 bridgehead atoms. The van der Waals surface area contributed by atoms with Crippen molar-refractivity contribution in [3.05, 3.63) is 83.1 Å². The predicted molar refractivity (Wildman–Crippen MR) is 153 cm³/mol. The van der Waals surface area contributed by atoms with E-state index in [1.807, 2.05) is 43.3 Å². The van der Waals surface area contributed by atoms with E-state index >= 15 is 0 Å². The van der Waals surface area contributed by atoms with Crippen LogP contribution >= 0.6 is 23.2 Å². The van der Waals surface area contributed by atoms with Crippen LogP contribution in [0.1, 0.15) is 44.7 Å². The van der Waals surface area contributed by atoms with Crippen molar-refractivity contribution in [3.8, 4) is 22.4 Å². The van der Waals surface area contributed by atoms with Gasteiger partial charge in [-0.2, -0.15) is 0 Å². The molecular formula is C30H28Cl2N2O4. The van der Waals surface area contributed by atoms with E-state index in [1.165, 1.54) is 0 Å². The Balaban J connectivity index is 1.99. The molecule has 0 aliphatic heterocycles. The summed E-state index contributed by atoms with van der Waals surface area (Å²) < 4.78 is 11.5. The average molecular weight is 551 g/mol. The number of pyridine rings is 1. The summed E-state index contributed by atoms with van der Waals surface area (Å²) in [4.78, 5) is 31.1. The zero-order valence-electron chi connectivity index (χ0n) is 21.6. The van der Waals surface area contributed by atoms with Gasteiger partial charge in [0, 0.05) is 26.6 Å². The number of ether oxygens (including phenoxy) is 1. The topological polar surface area (TPSA) is 81.4 Å². The number of Topliss-reactive ketones (excluding diaryl/α,β-unsaturated/α-hetero) is 1. The summed E-state index contributed by atoms with van der Waals surface area (Å²) in [6.07, 6.45) is 0.889. The van der Waals surface area contributed by atoms with Crippen molar-refractivity contribution in [2.45, 2.75) is 40.2 Å². The molecule has 0 saturated carbocycles. The standard InChI is InChI=1S/C30H28Cl2N2O4/c1-6-19(7-2)37-29(36)34-25-22-16-21(17-12-14-18(31)15-13-17)24(20-10-8-9-11-23(20)32)33-28(22)38-26(25)27(35)30(3,4)5/h6,8-16,19H,1,7H2,2-5H3,(H,34,36). The van der Waals surface area contributed by atoms with Crippen LogP contribution in [0.15, 0.2) is 71.7 Å². The number of hydrogen-bond acceptors (Lipinski definition) is 5. The van der Waals surface area contributed by atoms with E-state index in [4.69, 9.17) is 37.3 Å². The molecule has 0 aliphatic rings. The molecule has 8 heteroatoms. The monoisotopic (exact) mass is 550 g/mol. The number of nitrogens with zero attached hydrogens (tertiary/aromatic N) is 1. The van der Waals surface area contributed by atoms with Gasteiger partial charge < -0.3 is 9.15 Å². The molecular weight excluding hydrogens is 523 g/mol. The third-order valence-electron chi connectivity index (χ3n) is 6.01. The Bertz CT molecular complexity index is 1520. The molecule has 1 amide bonds. The van der Waals surface area contributed by atoms with E-state index < -0.39 is 17.6 Å². The molecule has 0 fully saturated rings. The van der Waals surface area contributed by atoms with Gasteiger partial charge in [0.05, 0.1) is 11.1 Å². The third kappa shape index (κ3) is 5.62. The van der Waals surface area contributed by atoms with Gasteiger partial charge in [-0.3, -0.25) is 10.1 Å². The number of halogens is 2. The van der Waals surface area contributed by atoms with Gasteiger partial charge >= 0.3 is 6.09 Å². The largest absolute Gasteiger partial charge is 0.442 e. The van der Waals surface area contributed by atoms with Gasteiger partial charge in [-0.05, 0) is 36.2 Å². The van der Waals surface area contributed by atoms with Gasteiger partial charge in [0.1, 0.15) is 11.8 Å². The molecule has 1 N–H and O–H groups in total. The number of aromatic nitrogens is 1. The van der Waals surface area contributed by atoms with E-state index in [2.05, 4.69) is 11.9 Å². The fourth-order valence-corrected chi connectivity index (χ4v) is 4.27. The van der Waals surface area contributed by atoms with Crippen LogP contribution in [0.25, 0.3) is 33.5 Å². The summed E-state index contributed by atoms with van der Waals surface area (Å²) in [7, 11) is 0. The van der Waals surface area contributed by atoms with Gasteiger partial charge in [0.15, 0.2) is 5.76 Å². The first-order valence-corrected chi connectivity index (χ1v) is 12.9. The Morgan fingerprint density at radius 3 is 2.39 bits per heavy atom. The van der Waals surface area contributed by atoms with Gasteiger partial charge in [-0.15, -0.1) is 0 Å². The SMILES string of the molecule is C=CC(CC)OC(=O)Nc1c(C(=O)C(C)(C)C)oc2nc(-c3ccccc3Cl)c(-c3ccc(Cl)cc3)cc12. The number of carbonyl (C=O) groups is 2. The second kappa shape index (κ2) is 11.0. The molecule has 2 aromatic carbocycles. The number of anilines is 1. The maximum atomic E-state index is 13.4. The van der Waals surface area contributed by atoms with Crippen molar-refractivity contribution in [1.29, 1.82) is 0 Å². The number of carbonyl (C=O) groups excluding carboxylic acids is 2. The summed E-state index contributed by atoms with van der Waals surface area (Å²) in [6.45, 7) is 10.9. The van der Waals surface area contributed by atoms with E-state index in [0.29, 0.717) is 38.7 Å². The fourth-order valence-electron chi connectivity index (χ4n) is 3.92. The van der Waals surface area contributed by atoms with Gasteiger partial charge in [0.25, 0.3) is 0 Å². The van der Waals surface area contributed by atoms with Crippen molar-refractivity contribution in [2.24, 2.45) is 5.41 Å². The highest BCUT2D eigenvalue weighted by Crippen LogP contribution is 2.41. The van der Waals surface area contributed by atoms with Crippen molar-refractivity contribution in [3.63, 3.8) is 0 Å². The lowest BCUT2D eigenvalue weighted by Crippen LogP contribution is -2.24. The van der Waals surface area contributed by atoms with Crippen molar-refractivity contribution >= 4 is 51.9 Å². The maximum absolute atomic E-state index is 13.4. The number of fused-ring (bicyclic) bond motifs is 1. The third-order valence-corrected chi connectivity index (χ3v) is 6.59. The Hall–Kier alpha value is -3.61. The number of nitrogens with one attached hydrogen (secondary N) is 1. The minimum absolute atomic E-state index is 0.0121. The summed E-state index contributed by atoms with van der Waals surface area (Å²) in [5.74, 6) is -0.309. The number of benzene rings is 2. The zero-order valence-corrected chi connectivity index (χ0v) is 23.1. The Morgan fingerprint density at radius 1 is 1.11 bits per heavy atom. The van der Waals surface area contributed by atoms with Crippen molar-refractivity contribution < 1.29 is 18.7 Å². The van der Waals surface area contributed by atoms with Crippen molar-refractivity contribution in [2.75, 3.05) is 5.32 Å². The first-order chi connectivity index (χ1) is 18.0. The van der Waals surface area contributed by atoms with Crippen LogP contribution in [-0.4, -0.2) is 23.0 Å². The number of rotatable bonds is 7. The second-order valence-corrected chi connectivity index (χ2v) is 10.7. The van der Waals surface area contributed by atoms with Crippen LogP contribution in [-0.2, 0) is 4.74 Å². The highest BCUT2D eigenvalue weighted by atomic mass is 35.5. The number of furan rings is 1. The highest BCUT2D eigenvalue weighted by molar-refractivity contribution is 6.33. The van der Waals surface area contributed by atoms with Crippen LogP contribution in [0.4, 0.5) is 10.5 Å². The predicted octanol–water partition coefficient (Wildman–Crippen LogP) is 9.21. The number of amides is 1. The van der Waals surface area contributed by atoms with Crippen LogP contribution in [0.5, 0.6) is 0 Å². The van der Waals surface area contributed by atoms with E-state index in [9.17, 15) is 9.59 Å². The Labute approximate surface area is 231 Å². The average Bonchev–Trinajstić information content (AvgIpc) is 3.23. The van der Waals surface area contributed by atoms with Crippen molar-refractivity contribution in [1.82, 2.24) is 4.98 Å². The molecule has 0 saturated heterocycles. The summed E-state index contributed by atoms with van der Waals surface area (Å²) in [6, 6.07) is 16.4. The van der Waals surface area contributed by atoms with E-state index in [1.54, 1.807) is 45.0 Å². The van der Waals surface area contributed by atoms with Gasteiger partial charge in [-0.1, -0.05) is 93.9 Å². The van der Waals surface area contributed by atoms with Crippen LogP contribution in [0.2, 0.25) is 10.0 Å². The lowest BCUT2D eigenvalue weighted by Gasteiger charge is -2.16. The molecule has 0 aliphatic carbocycles. The second-order valence-electron chi connectivity index (χ2n) is 9.82. The molecule has 4 rings (SSSR count). The van der Waals surface area contributed by atoms with E-state index in [0.717, 1.165) is 5.56 Å². The fraction of sp³-hybridized carbons (Fsp3) is 0.233. The smallest absolute Gasteiger partial charge is 0.412 e. The first-order valence-electron chi connectivity index (χ1n) is 12.2.